The summed E-state index contributed by atoms with van der Waals surface area (Å²) in [5.74, 6) is -2.11. The average molecular weight is 347 g/mol. The number of carbonyl (C=O) groups excluding carboxylic acids is 1. The zero-order chi connectivity index (χ0) is 17.6. The monoisotopic (exact) mass is 347 g/mol. The Morgan fingerprint density at radius 3 is 2.52 bits per heavy atom. The van der Waals surface area contributed by atoms with Crippen molar-refractivity contribution in [3.63, 3.8) is 0 Å². The van der Waals surface area contributed by atoms with Crippen LogP contribution in [-0.4, -0.2) is 32.2 Å². The molecule has 2 aromatic rings. The van der Waals surface area contributed by atoms with Gasteiger partial charge in [0.1, 0.15) is 31.3 Å². The third kappa shape index (κ3) is 4.61. The molecule has 1 amide bonds. The topological polar surface area (TPSA) is 42.8 Å². The van der Waals surface area contributed by atoms with E-state index in [1.54, 1.807) is 0 Å². The molecule has 0 spiro atoms. The van der Waals surface area contributed by atoms with E-state index in [9.17, 15) is 13.6 Å². The highest BCUT2D eigenvalue weighted by molar-refractivity contribution is 5.94. The first-order valence-corrected chi connectivity index (χ1v) is 8.35. The maximum atomic E-state index is 13.7. The number of hydrogen-bond donors (Lipinski definition) is 2. The van der Waals surface area contributed by atoms with E-state index in [0.29, 0.717) is 12.6 Å². The maximum Gasteiger partial charge on any atom is 0.254 e. The molecule has 3 rings (SSSR count). The smallest absolute Gasteiger partial charge is 0.254 e. The van der Waals surface area contributed by atoms with Crippen molar-refractivity contribution in [2.45, 2.75) is 13.1 Å². The minimum atomic E-state index is -0.858. The van der Waals surface area contributed by atoms with Gasteiger partial charge in [0.15, 0.2) is 0 Å². The Balaban J connectivity index is 1.65. The molecule has 132 valence electrons. The van der Waals surface area contributed by atoms with Crippen molar-refractivity contribution >= 4 is 5.91 Å². The summed E-state index contributed by atoms with van der Waals surface area (Å²) in [5, 5.41) is 2.72. The minimum Gasteiger partial charge on any atom is -0.370 e. The van der Waals surface area contributed by atoms with Gasteiger partial charge in [-0.15, -0.1) is 0 Å². The van der Waals surface area contributed by atoms with Crippen LogP contribution in [0.3, 0.4) is 0 Å². The molecule has 1 fully saturated rings. The van der Waals surface area contributed by atoms with E-state index < -0.39 is 17.5 Å². The highest BCUT2D eigenvalue weighted by Gasteiger charge is 2.17. The number of quaternary nitrogens is 1. The second-order valence-corrected chi connectivity index (χ2v) is 6.11. The lowest BCUT2D eigenvalue weighted by Gasteiger charge is -2.24. The van der Waals surface area contributed by atoms with Crippen molar-refractivity contribution in [2.24, 2.45) is 0 Å². The average Bonchev–Trinajstić information content (AvgIpc) is 2.61. The van der Waals surface area contributed by atoms with Crippen LogP contribution in [0.4, 0.5) is 8.78 Å². The van der Waals surface area contributed by atoms with Crippen molar-refractivity contribution in [2.75, 3.05) is 26.3 Å². The number of nitrogens with one attached hydrogen (secondary N) is 2. The predicted octanol–water partition coefficient (Wildman–Crippen LogP) is 1.31. The number of halogens is 2. The molecule has 6 heteroatoms. The second kappa shape index (κ2) is 8.18. The van der Waals surface area contributed by atoms with Crippen LogP contribution in [-0.2, 0) is 17.8 Å². The number of morpholine rings is 1. The lowest BCUT2D eigenvalue weighted by molar-refractivity contribution is -0.921. The quantitative estimate of drug-likeness (QED) is 0.857. The zero-order valence-corrected chi connectivity index (χ0v) is 13.9. The van der Waals surface area contributed by atoms with Crippen molar-refractivity contribution in [3.8, 4) is 0 Å². The highest BCUT2D eigenvalue weighted by atomic mass is 19.1. The molecule has 0 saturated carbocycles. The first kappa shape index (κ1) is 17.5. The standard InChI is InChI=1S/C19H20F2N2O2/c20-16-5-6-17(18(21)11-16)19(24)22-12-14-3-1-2-4-15(14)13-23-7-9-25-10-8-23/h1-6,11H,7-10,12-13H2,(H,22,24)/p+1. The number of ether oxygens (including phenoxy) is 1. The van der Waals surface area contributed by atoms with Crippen LogP contribution in [0.25, 0.3) is 0 Å². The lowest BCUT2D eigenvalue weighted by Crippen LogP contribution is -3.12. The van der Waals surface area contributed by atoms with E-state index in [1.165, 1.54) is 4.90 Å². The zero-order valence-electron chi connectivity index (χ0n) is 13.9. The summed E-state index contributed by atoms with van der Waals surface area (Å²) >= 11 is 0. The highest BCUT2D eigenvalue weighted by Crippen LogP contribution is 2.11. The molecular weight excluding hydrogens is 326 g/mol. The van der Waals surface area contributed by atoms with Crippen molar-refractivity contribution < 1.29 is 23.2 Å². The third-order valence-electron chi connectivity index (χ3n) is 4.37. The summed E-state index contributed by atoms with van der Waals surface area (Å²) in [5.41, 5.74) is 1.99. The Labute approximate surface area is 145 Å². The molecule has 0 aliphatic carbocycles. The van der Waals surface area contributed by atoms with Gasteiger partial charge in [-0.3, -0.25) is 4.79 Å². The van der Waals surface area contributed by atoms with Gasteiger partial charge in [-0.05, 0) is 17.7 Å². The van der Waals surface area contributed by atoms with Crippen LogP contribution >= 0.6 is 0 Å². The molecule has 2 aromatic carbocycles. The maximum absolute atomic E-state index is 13.7. The molecule has 1 aliphatic rings. The van der Waals surface area contributed by atoms with Gasteiger partial charge in [0.25, 0.3) is 5.91 Å². The molecule has 0 radical (unpaired) electrons. The van der Waals surface area contributed by atoms with Gasteiger partial charge in [0.05, 0.1) is 18.8 Å². The van der Waals surface area contributed by atoms with E-state index in [4.69, 9.17) is 4.74 Å². The van der Waals surface area contributed by atoms with Crippen LogP contribution in [0.2, 0.25) is 0 Å². The predicted molar refractivity (Wildman–Crippen MR) is 89.2 cm³/mol. The molecule has 2 N–H and O–H groups in total. The SMILES string of the molecule is O=C(NCc1ccccc1C[NH+]1CCOCC1)c1ccc(F)cc1F. The van der Waals surface area contributed by atoms with E-state index in [0.717, 1.165) is 56.1 Å². The minimum absolute atomic E-state index is 0.155. The summed E-state index contributed by atoms with van der Waals surface area (Å²) in [6.45, 7) is 4.61. The molecular formula is C19H21F2N2O2+. The molecule has 1 heterocycles. The molecule has 0 unspecified atom stereocenters. The van der Waals surface area contributed by atoms with E-state index >= 15 is 0 Å². The fraction of sp³-hybridized carbons (Fsp3) is 0.316. The molecule has 0 atom stereocenters. The fourth-order valence-corrected chi connectivity index (χ4v) is 2.95. The van der Waals surface area contributed by atoms with Gasteiger partial charge < -0.3 is 15.0 Å². The molecule has 1 saturated heterocycles. The van der Waals surface area contributed by atoms with Gasteiger partial charge in [0, 0.05) is 18.2 Å². The second-order valence-electron chi connectivity index (χ2n) is 6.11. The largest absolute Gasteiger partial charge is 0.370 e. The number of rotatable bonds is 5. The summed E-state index contributed by atoms with van der Waals surface area (Å²) in [6.07, 6.45) is 0. The molecule has 0 aromatic heterocycles. The van der Waals surface area contributed by atoms with Crippen molar-refractivity contribution in [1.82, 2.24) is 5.32 Å². The number of hydrogen-bond acceptors (Lipinski definition) is 2. The Kier molecular flexibility index (Phi) is 5.73. The number of benzene rings is 2. The van der Waals surface area contributed by atoms with Crippen LogP contribution < -0.4 is 10.2 Å². The molecule has 25 heavy (non-hydrogen) atoms. The first-order valence-electron chi connectivity index (χ1n) is 8.35. The molecule has 1 aliphatic heterocycles. The Hall–Kier alpha value is -2.31. The Bertz CT molecular complexity index is 746. The lowest BCUT2D eigenvalue weighted by atomic mass is 10.1. The van der Waals surface area contributed by atoms with E-state index in [-0.39, 0.29) is 5.56 Å². The number of carbonyl (C=O) groups is 1. The normalized spacial score (nSPS) is 15.1. The Morgan fingerprint density at radius 2 is 1.80 bits per heavy atom. The van der Waals surface area contributed by atoms with Gasteiger partial charge >= 0.3 is 0 Å². The summed E-state index contributed by atoms with van der Waals surface area (Å²) in [7, 11) is 0. The van der Waals surface area contributed by atoms with Crippen LogP contribution in [0.5, 0.6) is 0 Å². The van der Waals surface area contributed by atoms with Gasteiger partial charge in [-0.25, -0.2) is 8.78 Å². The third-order valence-corrected chi connectivity index (χ3v) is 4.37. The molecule has 4 nitrogen and oxygen atoms in total. The van der Waals surface area contributed by atoms with Crippen molar-refractivity contribution in [3.05, 3.63) is 70.8 Å². The van der Waals surface area contributed by atoms with Crippen LogP contribution in [0, 0.1) is 11.6 Å². The number of amides is 1. The van der Waals surface area contributed by atoms with Gasteiger partial charge in [-0.1, -0.05) is 24.3 Å². The van der Waals surface area contributed by atoms with Crippen LogP contribution in [0.1, 0.15) is 21.5 Å². The summed E-state index contributed by atoms with van der Waals surface area (Å²) in [4.78, 5) is 13.6. The first-order chi connectivity index (χ1) is 12.1. The van der Waals surface area contributed by atoms with Crippen LogP contribution in [0.15, 0.2) is 42.5 Å². The van der Waals surface area contributed by atoms with Gasteiger partial charge in [-0.2, -0.15) is 0 Å². The van der Waals surface area contributed by atoms with Crippen molar-refractivity contribution in [1.29, 1.82) is 0 Å². The Morgan fingerprint density at radius 1 is 1.08 bits per heavy atom. The van der Waals surface area contributed by atoms with E-state index in [1.807, 2.05) is 24.3 Å². The fourth-order valence-electron chi connectivity index (χ4n) is 2.95. The summed E-state index contributed by atoms with van der Waals surface area (Å²) < 4.78 is 32.0. The van der Waals surface area contributed by atoms with Gasteiger partial charge in [0.2, 0.25) is 0 Å². The summed E-state index contributed by atoms with van der Waals surface area (Å²) in [6, 6.07) is 10.8. The molecule has 0 bridgehead atoms. The van der Waals surface area contributed by atoms with E-state index in [2.05, 4.69) is 5.32 Å².